The van der Waals surface area contributed by atoms with Crippen molar-refractivity contribution < 1.29 is 0 Å². The molecule has 31 heavy (non-hydrogen) atoms. The van der Waals surface area contributed by atoms with Crippen molar-refractivity contribution in [3.05, 3.63) is 71.5 Å². The third-order valence-corrected chi connectivity index (χ3v) is 9.26. The van der Waals surface area contributed by atoms with Crippen molar-refractivity contribution in [1.29, 1.82) is 0 Å². The summed E-state index contributed by atoms with van der Waals surface area (Å²) in [6, 6.07) is 8.87. The Bertz CT molecular complexity index is 819. The molecule has 0 fully saturated rings. The number of rotatable bonds is 6. The number of aryl methyl sites for hydroxylation is 1. The molecular formula is C28H43N2P. The maximum absolute atomic E-state index is 5.39. The lowest BCUT2D eigenvalue weighted by atomic mass is 9.78. The minimum absolute atomic E-state index is 0.00863. The van der Waals surface area contributed by atoms with Crippen LogP contribution < -0.4 is 0 Å². The molecule has 0 aliphatic heterocycles. The van der Waals surface area contributed by atoms with Gasteiger partial charge in [-0.15, -0.1) is 0 Å². The molecule has 0 bridgehead atoms. The van der Waals surface area contributed by atoms with Crippen molar-refractivity contribution in [2.45, 2.75) is 79.5 Å². The van der Waals surface area contributed by atoms with Gasteiger partial charge < -0.3 is 4.67 Å². The molecule has 0 aromatic heterocycles. The summed E-state index contributed by atoms with van der Waals surface area (Å²) in [7, 11) is 1.91. The lowest BCUT2D eigenvalue weighted by molar-refractivity contribution is 0.380. The second kappa shape index (κ2) is 11.3. The van der Waals surface area contributed by atoms with E-state index in [4.69, 9.17) is 4.99 Å². The highest BCUT2D eigenvalue weighted by Crippen LogP contribution is 2.49. The SMILES string of the molecule is Cc1ccc(/C(=N\C2=C/C(C)(C(C)C)/C=C\C=C/CC2)N(C)P(C(C)C)C(C)C)cc1. The van der Waals surface area contributed by atoms with Gasteiger partial charge in [0.15, 0.2) is 0 Å². The number of benzene rings is 1. The van der Waals surface area contributed by atoms with E-state index >= 15 is 0 Å². The van der Waals surface area contributed by atoms with Crippen LogP contribution in [0.4, 0.5) is 0 Å². The van der Waals surface area contributed by atoms with Crippen LogP contribution >= 0.6 is 8.07 Å². The highest BCUT2D eigenvalue weighted by Gasteiger charge is 2.27. The quantitative estimate of drug-likeness (QED) is 0.247. The van der Waals surface area contributed by atoms with E-state index < -0.39 is 0 Å². The smallest absolute Gasteiger partial charge is 0.139 e. The summed E-state index contributed by atoms with van der Waals surface area (Å²) in [5, 5.41) is 0. The standard InChI is InChI=1S/C28H43N2P/c1-21(2)28(8)19-13-11-10-12-14-26(20-28)29-27(25-17-15-24(7)16-18-25)30(9)31(22(3)4)23(5)6/h10-11,13,15-23H,12,14H2,1-9H3/b11-10-,19-13-,26-20-,29-27+. The lowest BCUT2D eigenvalue weighted by Crippen LogP contribution is -2.29. The van der Waals surface area contributed by atoms with Crippen LogP contribution in [0.2, 0.25) is 0 Å². The highest BCUT2D eigenvalue weighted by molar-refractivity contribution is 7.57. The molecule has 0 amide bonds. The Balaban J connectivity index is 2.64. The van der Waals surface area contributed by atoms with E-state index in [2.05, 4.69) is 122 Å². The zero-order chi connectivity index (χ0) is 23.2. The Kier molecular flexibility index (Phi) is 9.31. The van der Waals surface area contributed by atoms with E-state index in [0.29, 0.717) is 17.2 Å². The predicted molar refractivity (Wildman–Crippen MR) is 141 cm³/mol. The molecule has 0 radical (unpaired) electrons. The topological polar surface area (TPSA) is 15.6 Å². The Hall–Kier alpha value is -1.66. The fourth-order valence-electron chi connectivity index (χ4n) is 4.16. The summed E-state index contributed by atoms with van der Waals surface area (Å²) in [5.74, 6) is 1.61. The van der Waals surface area contributed by atoms with E-state index in [1.165, 1.54) is 16.8 Å². The van der Waals surface area contributed by atoms with Crippen LogP contribution in [0.5, 0.6) is 0 Å². The maximum atomic E-state index is 5.39. The van der Waals surface area contributed by atoms with Crippen LogP contribution in [0.15, 0.2) is 65.3 Å². The maximum Gasteiger partial charge on any atom is 0.139 e. The Morgan fingerprint density at radius 3 is 2.16 bits per heavy atom. The number of allylic oxidation sites excluding steroid dienone is 6. The fourth-order valence-corrected chi connectivity index (χ4v) is 7.11. The van der Waals surface area contributed by atoms with Gasteiger partial charge in [-0.3, -0.25) is 0 Å². The van der Waals surface area contributed by atoms with Crippen molar-refractivity contribution in [2.24, 2.45) is 16.3 Å². The van der Waals surface area contributed by atoms with E-state index in [1.54, 1.807) is 0 Å². The minimum Gasteiger partial charge on any atom is -0.338 e. The number of hydrogen-bond donors (Lipinski definition) is 0. The van der Waals surface area contributed by atoms with Crippen molar-refractivity contribution >= 4 is 13.9 Å². The molecule has 1 atom stereocenters. The van der Waals surface area contributed by atoms with Crippen LogP contribution in [-0.2, 0) is 0 Å². The normalized spacial score (nSPS) is 24.0. The Morgan fingerprint density at radius 2 is 1.61 bits per heavy atom. The van der Waals surface area contributed by atoms with Gasteiger partial charge in [0, 0.05) is 23.7 Å². The molecule has 170 valence electrons. The van der Waals surface area contributed by atoms with E-state index in [9.17, 15) is 0 Å². The number of amidine groups is 1. The Morgan fingerprint density at radius 1 is 1.00 bits per heavy atom. The monoisotopic (exact) mass is 438 g/mol. The zero-order valence-electron chi connectivity index (χ0n) is 21.2. The van der Waals surface area contributed by atoms with Crippen LogP contribution in [0, 0.1) is 18.3 Å². The van der Waals surface area contributed by atoms with Gasteiger partial charge in [-0.05, 0) is 45.1 Å². The molecule has 1 aromatic rings. The first-order chi connectivity index (χ1) is 14.5. The first kappa shape index (κ1) is 25.6. The third kappa shape index (κ3) is 6.91. The molecule has 0 spiro atoms. The number of hydrogen-bond acceptors (Lipinski definition) is 1. The summed E-state index contributed by atoms with van der Waals surface area (Å²) in [6.07, 6.45) is 13.4. The van der Waals surface area contributed by atoms with Crippen LogP contribution in [0.3, 0.4) is 0 Å². The van der Waals surface area contributed by atoms with Gasteiger partial charge in [0.2, 0.25) is 0 Å². The number of aliphatic imine (C=N–C) groups is 1. The molecule has 0 N–H and O–H groups in total. The van der Waals surface area contributed by atoms with Gasteiger partial charge in [0.1, 0.15) is 5.84 Å². The van der Waals surface area contributed by atoms with Crippen LogP contribution in [-0.4, -0.2) is 28.9 Å². The molecule has 0 saturated carbocycles. The molecule has 1 aromatic carbocycles. The van der Waals surface area contributed by atoms with E-state index in [-0.39, 0.29) is 13.5 Å². The average Bonchev–Trinajstić information content (AvgIpc) is 2.77. The van der Waals surface area contributed by atoms with Gasteiger partial charge in [-0.1, -0.05) is 109 Å². The fraction of sp³-hybridized carbons (Fsp3) is 0.536. The second-order valence-corrected chi connectivity index (χ2v) is 13.3. The summed E-state index contributed by atoms with van der Waals surface area (Å²) in [4.78, 5) is 5.39. The van der Waals surface area contributed by atoms with Crippen LogP contribution in [0.1, 0.15) is 72.4 Å². The van der Waals surface area contributed by atoms with E-state index in [1.807, 2.05) is 0 Å². The molecule has 0 saturated heterocycles. The third-order valence-electron chi connectivity index (χ3n) is 6.26. The van der Waals surface area contributed by atoms with Crippen molar-refractivity contribution in [3.63, 3.8) is 0 Å². The molecular weight excluding hydrogens is 395 g/mol. The van der Waals surface area contributed by atoms with Crippen LogP contribution in [0.25, 0.3) is 0 Å². The Labute approximate surface area is 193 Å². The zero-order valence-corrected chi connectivity index (χ0v) is 22.1. The van der Waals surface area contributed by atoms with Gasteiger partial charge in [-0.25, -0.2) is 4.99 Å². The van der Waals surface area contributed by atoms with Crippen molar-refractivity contribution in [3.8, 4) is 0 Å². The predicted octanol–water partition coefficient (Wildman–Crippen LogP) is 8.34. The molecule has 2 rings (SSSR count). The van der Waals surface area contributed by atoms with Crippen molar-refractivity contribution in [1.82, 2.24) is 4.67 Å². The van der Waals surface area contributed by atoms with Crippen molar-refractivity contribution in [2.75, 3.05) is 7.05 Å². The average molecular weight is 439 g/mol. The second-order valence-electron chi connectivity index (χ2n) is 9.87. The molecule has 1 aliphatic carbocycles. The first-order valence-electron chi connectivity index (χ1n) is 11.8. The summed E-state index contributed by atoms with van der Waals surface area (Å²) in [6.45, 7) is 18.5. The lowest BCUT2D eigenvalue weighted by Gasteiger charge is -2.37. The molecule has 0 heterocycles. The minimum atomic E-state index is -0.343. The van der Waals surface area contributed by atoms with Gasteiger partial charge in [0.05, 0.1) is 0 Å². The summed E-state index contributed by atoms with van der Waals surface area (Å²) in [5.41, 5.74) is 4.89. The van der Waals surface area contributed by atoms with Gasteiger partial charge in [0.25, 0.3) is 0 Å². The van der Waals surface area contributed by atoms with E-state index in [0.717, 1.165) is 18.7 Å². The summed E-state index contributed by atoms with van der Waals surface area (Å²) < 4.78 is 2.49. The van der Waals surface area contributed by atoms with Gasteiger partial charge in [-0.2, -0.15) is 0 Å². The molecule has 1 aliphatic rings. The largest absolute Gasteiger partial charge is 0.338 e. The number of nitrogens with zero attached hydrogens (tertiary/aromatic N) is 2. The molecule has 1 unspecified atom stereocenters. The van der Waals surface area contributed by atoms with Gasteiger partial charge >= 0.3 is 0 Å². The molecule has 2 nitrogen and oxygen atoms in total. The summed E-state index contributed by atoms with van der Waals surface area (Å²) >= 11 is 0. The highest BCUT2D eigenvalue weighted by atomic mass is 31.1. The molecule has 3 heteroatoms. The first-order valence-corrected chi connectivity index (χ1v) is 13.2.